The van der Waals surface area contributed by atoms with Gasteiger partial charge in [-0.3, -0.25) is 4.52 Å². The van der Waals surface area contributed by atoms with Gasteiger partial charge in [-0.1, -0.05) is 17.4 Å². The number of nitriles is 1. The van der Waals surface area contributed by atoms with E-state index < -0.39 is 31.7 Å². The molecule has 0 unspecified atom stereocenters. The summed E-state index contributed by atoms with van der Waals surface area (Å²) >= 11 is 0.876. The molecule has 0 fully saturated rings. The van der Waals surface area contributed by atoms with Crippen molar-refractivity contribution in [1.82, 2.24) is 10.2 Å². The fourth-order valence-electron chi connectivity index (χ4n) is 3.09. The lowest BCUT2D eigenvalue weighted by Crippen LogP contribution is -2.37. The number of ether oxygens (including phenoxy) is 2. The van der Waals surface area contributed by atoms with Crippen molar-refractivity contribution in [2.45, 2.75) is 31.5 Å². The smallest absolute Gasteiger partial charge is 0.469 e. The summed E-state index contributed by atoms with van der Waals surface area (Å²) in [7, 11) is -4.78. The number of phosphoric acid groups is 1. The van der Waals surface area contributed by atoms with Gasteiger partial charge in [-0.05, 0) is 56.2 Å². The van der Waals surface area contributed by atoms with E-state index >= 15 is 0 Å². The topological polar surface area (TPSA) is 161 Å². The van der Waals surface area contributed by atoms with E-state index in [9.17, 15) is 17.7 Å². The molecule has 3 aromatic rings. The lowest BCUT2D eigenvalue weighted by atomic mass is 10.1. The summed E-state index contributed by atoms with van der Waals surface area (Å²) in [5.74, 6) is 0.191. The Kier molecular flexibility index (Phi) is 9.48. The molecule has 0 spiro atoms. The van der Waals surface area contributed by atoms with Crippen LogP contribution >= 0.6 is 19.2 Å². The molecule has 0 radical (unpaired) electrons. The molecule has 0 amide bonds. The normalized spacial score (nSPS) is 13.5. The molecule has 2 aromatic carbocycles. The van der Waals surface area contributed by atoms with Gasteiger partial charge in [0.25, 0.3) is 0 Å². The number of nitrogens with two attached hydrogens (primary N) is 1. The second-order valence-corrected chi connectivity index (χ2v) is 10.6. The molecular formula is C23H24F3N4O6PS. The van der Waals surface area contributed by atoms with Gasteiger partial charge in [0, 0.05) is 5.56 Å². The first-order valence-corrected chi connectivity index (χ1v) is 13.4. The summed E-state index contributed by atoms with van der Waals surface area (Å²) in [6, 6.07) is 12.1. The van der Waals surface area contributed by atoms with Crippen LogP contribution in [0.2, 0.25) is 0 Å². The molecule has 1 atom stereocenters. The fourth-order valence-corrected chi connectivity index (χ4v) is 4.41. The molecule has 0 saturated carbocycles. The second kappa shape index (κ2) is 12.2. The van der Waals surface area contributed by atoms with E-state index in [-0.39, 0.29) is 27.9 Å². The first-order valence-electron chi connectivity index (χ1n) is 11.1. The highest BCUT2D eigenvalue weighted by Crippen LogP contribution is 2.41. The average molecular weight is 573 g/mol. The standard InChI is InChI=1S/C23H24F3N4O6PS/c1-22(28,14-36-37(31,32)33)21-30-29-20(38-21)16-7-8-19(18(12-16)23(24,25)26)35-10-3-2-9-34-17-6-4-5-15(11-17)13-27/h4-8,11-12H,2-3,9-10,14,28H2,1H3,(H2,31,32,33)/t22-/m0/s1. The summed E-state index contributed by atoms with van der Waals surface area (Å²) in [6.07, 6.45) is -3.75. The largest absolute Gasteiger partial charge is 0.494 e. The molecule has 204 valence electrons. The van der Waals surface area contributed by atoms with Crippen molar-refractivity contribution < 1.29 is 41.5 Å². The van der Waals surface area contributed by atoms with Gasteiger partial charge in [0.1, 0.15) is 21.5 Å². The Morgan fingerprint density at radius 1 is 1.11 bits per heavy atom. The number of aromatic nitrogens is 2. The molecule has 0 bridgehead atoms. The number of rotatable bonds is 12. The molecule has 0 aliphatic rings. The van der Waals surface area contributed by atoms with Crippen LogP contribution in [-0.4, -0.2) is 39.8 Å². The molecule has 3 rings (SSSR count). The number of hydrogen-bond acceptors (Lipinski definition) is 9. The Hall–Kier alpha value is -3.05. The van der Waals surface area contributed by atoms with Crippen molar-refractivity contribution in [3.63, 3.8) is 0 Å². The first kappa shape index (κ1) is 29.5. The van der Waals surface area contributed by atoms with E-state index in [0.717, 1.165) is 17.4 Å². The van der Waals surface area contributed by atoms with E-state index in [4.69, 9.17) is 30.3 Å². The SMILES string of the molecule is C[C@](N)(COP(=O)(O)O)c1nnc(-c2ccc(OCCCCOc3cccc(C#N)c3)c(C(F)(F)F)c2)s1. The summed E-state index contributed by atoms with van der Waals surface area (Å²) in [4.78, 5) is 17.8. The van der Waals surface area contributed by atoms with Crippen molar-refractivity contribution in [3.8, 4) is 28.1 Å². The predicted molar refractivity (Wildman–Crippen MR) is 131 cm³/mol. The van der Waals surface area contributed by atoms with E-state index in [1.165, 1.54) is 19.1 Å². The number of alkyl halides is 3. The van der Waals surface area contributed by atoms with Crippen LogP contribution in [0, 0.1) is 11.3 Å². The van der Waals surface area contributed by atoms with Gasteiger partial charge in [0.2, 0.25) is 0 Å². The van der Waals surface area contributed by atoms with Crippen molar-refractivity contribution >= 4 is 19.2 Å². The number of halogens is 3. The van der Waals surface area contributed by atoms with E-state index in [1.807, 2.05) is 6.07 Å². The Morgan fingerprint density at radius 3 is 2.47 bits per heavy atom. The maximum absolute atomic E-state index is 13.8. The lowest BCUT2D eigenvalue weighted by molar-refractivity contribution is -0.138. The highest BCUT2D eigenvalue weighted by atomic mass is 32.1. The lowest BCUT2D eigenvalue weighted by Gasteiger charge is -2.21. The zero-order valence-corrected chi connectivity index (χ0v) is 21.7. The molecule has 4 N–H and O–H groups in total. The number of benzene rings is 2. The van der Waals surface area contributed by atoms with E-state index in [2.05, 4.69) is 14.7 Å². The van der Waals surface area contributed by atoms with Crippen LogP contribution in [0.3, 0.4) is 0 Å². The number of unbranched alkanes of at least 4 members (excludes halogenated alkanes) is 1. The minimum Gasteiger partial charge on any atom is -0.494 e. The van der Waals surface area contributed by atoms with Gasteiger partial charge in [0.15, 0.2) is 0 Å². The van der Waals surface area contributed by atoms with Crippen LogP contribution < -0.4 is 15.2 Å². The van der Waals surface area contributed by atoms with Crippen LogP contribution in [0.1, 0.15) is 35.9 Å². The van der Waals surface area contributed by atoms with Gasteiger partial charge in [-0.2, -0.15) is 18.4 Å². The van der Waals surface area contributed by atoms with Gasteiger partial charge < -0.3 is 25.0 Å². The van der Waals surface area contributed by atoms with Crippen LogP contribution in [0.4, 0.5) is 13.2 Å². The van der Waals surface area contributed by atoms with Crippen molar-refractivity contribution in [3.05, 3.63) is 58.6 Å². The first-order chi connectivity index (χ1) is 17.8. The molecule has 38 heavy (non-hydrogen) atoms. The van der Waals surface area contributed by atoms with E-state index in [1.54, 1.807) is 24.3 Å². The molecule has 0 saturated heterocycles. The maximum atomic E-state index is 13.8. The average Bonchev–Trinajstić information content (AvgIpc) is 3.36. The van der Waals surface area contributed by atoms with Gasteiger partial charge in [-0.15, -0.1) is 10.2 Å². The Bertz CT molecular complexity index is 1340. The van der Waals surface area contributed by atoms with Gasteiger partial charge >= 0.3 is 14.0 Å². The molecule has 0 aliphatic carbocycles. The number of nitrogens with zero attached hydrogens (tertiary/aromatic N) is 3. The Balaban J connectivity index is 1.62. The second-order valence-electron chi connectivity index (χ2n) is 8.35. The summed E-state index contributed by atoms with van der Waals surface area (Å²) in [6.45, 7) is 1.16. The zero-order valence-electron chi connectivity index (χ0n) is 20.0. The quantitative estimate of drug-likeness (QED) is 0.206. The molecule has 15 heteroatoms. The van der Waals surface area contributed by atoms with Crippen LogP contribution in [0.5, 0.6) is 11.5 Å². The third-order valence-corrected chi connectivity index (χ3v) is 6.72. The third kappa shape index (κ3) is 8.49. The molecule has 1 aromatic heterocycles. The molecule has 1 heterocycles. The number of hydrogen-bond donors (Lipinski definition) is 3. The highest BCUT2D eigenvalue weighted by Gasteiger charge is 2.35. The Labute approximate surface area is 220 Å². The summed E-state index contributed by atoms with van der Waals surface area (Å²) < 4.78 is 67.6. The van der Waals surface area contributed by atoms with Gasteiger partial charge in [0.05, 0.1) is 42.6 Å². The maximum Gasteiger partial charge on any atom is 0.469 e. The van der Waals surface area contributed by atoms with Crippen LogP contribution in [0.15, 0.2) is 42.5 Å². The van der Waals surface area contributed by atoms with Gasteiger partial charge in [-0.25, -0.2) is 4.57 Å². The highest BCUT2D eigenvalue weighted by molar-refractivity contribution is 7.46. The zero-order chi connectivity index (χ0) is 28.0. The number of phosphoric ester groups is 1. The van der Waals surface area contributed by atoms with E-state index in [0.29, 0.717) is 30.8 Å². The van der Waals surface area contributed by atoms with Crippen LogP contribution in [0.25, 0.3) is 10.6 Å². The molecular weight excluding hydrogens is 548 g/mol. The Morgan fingerprint density at radius 2 is 1.82 bits per heavy atom. The van der Waals surface area contributed by atoms with Crippen molar-refractivity contribution in [2.75, 3.05) is 19.8 Å². The predicted octanol–water partition coefficient (Wildman–Crippen LogP) is 4.62. The summed E-state index contributed by atoms with van der Waals surface area (Å²) in [5, 5.41) is 16.9. The van der Waals surface area contributed by atoms with Crippen LogP contribution in [-0.2, 0) is 20.8 Å². The molecule has 0 aliphatic heterocycles. The minimum absolute atomic E-state index is 0.0259. The minimum atomic E-state index is -4.78. The summed E-state index contributed by atoms with van der Waals surface area (Å²) in [5.41, 5.74) is 4.17. The van der Waals surface area contributed by atoms with Crippen molar-refractivity contribution in [2.24, 2.45) is 5.73 Å². The third-order valence-electron chi connectivity index (χ3n) is 5.01. The monoisotopic (exact) mass is 572 g/mol. The fraction of sp³-hybridized carbons (Fsp3) is 0.348. The molecule has 10 nitrogen and oxygen atoms in total. The van der Waals surface area contributed by atoms with Crippen molar-refractivity contribution in [1.29, 1.82) is 5.26 Å².